The predicted molar refractivity (Wildman–Crippen MR) is 63.8 cm³/mol. The highest BCUT2D eigenvalue weighted by Crippen LogP contribution is 2.28. The van der Waals surface area contributed by atoms with Gasteiger partial charge in [0.15, 0.2) is 0 Å². The highest BCUT2D eigenvalue weighted by atomic mass is 32.2. The molecule has 68 valence electrons. The third-order valence-corrected chi connectivity index (χ3v) is 3.72. The normalized spacial score (nSPS) is 10.9. The average Bonchev–Trinajstić information content (AvgIpc) is 2.49. The average molecular weight is 208 g/mol. The molecule has 0 unspecified atom stereocenters. The molecule has 0 fully saturated rings. The van der Waals surface area contributed by atoms with Crippen LogP contribution in [-0.2, 0) is 5.75 Å². The zero-order chi connectivity index (χ0) is 9.26. The second-order valence-electron chi connectivity index (χ2n) is 3.19. The summed E-state index contributed by atoms with van der Waals surface area (Å²) < 4.78 is 1.41. The summed E-state index contributed by atoms with van der Waals surface area (Å²) >= 11 is 3.74. The molecule has 2 rings (SSSR count). The molecule has 0 amide bonds. The predicted octanol–water partition coefficient (Wildman–Crippen LogP) is 4.07. The summed E-state index contributed by atoms with van der Waals surface area (Å²) in [6.07, 6.45) is 2.15. The number of fused-ring (bicyclic) bond motifs is 1. The maximum Gasteiger partial charge on any atom is 0.0346 e. The van der Waals surface area contributed by atoms with Crippen LogP contribution in [0.25, 0.3) is 10.1 Å². The summed E-state index contributed by atoms with van der Waals surface area (Å²) in [5, 5.41) is 3.72. The standard InChI is InChI=1S/C11H12S2/c1-8-3-4-11-10(5-8)9(6-12-2)7-13-11/h3-5,7H,6H2,1-2H3. The number of rotatable bonds is 2. The molecular formula is C11H12S2. The summed E-state index contributed by atoms with van der Waals surface area (Å²) in [6.45, 7) is 2.15. The summed E-state index contributed by atoms with van der Waals surface area (Å²) in [5.41, 5.74) is 2.84. The molecule has 0 N–H and O–H groups in total. The molecule has 2 aromatic rings. The monoisotopic (exact) mass is 208 g/mol. The lowest BCUT2D eigenvalue weighted by Crippen LogP contribution is -1.76. The minimum absolute atomic E-state index is 1.13. The van der Waals surface area contributed by atoms with E-state index in [1.165, 1.54) is 21.2 Å². The van der Waals surface area contributed by atoms with E-state index in [1.54, 1.807) is 0 Å². The maximum atomic E-state index is 2.29. The van der Waals surface area contributed by atoms with Crippen molar-refractivity contribution in [2.75, 3.05) is 6.26 Å². The van der Waals surface area contributed by atoms with Crippen molar-refractivity contribution in [3.63, 3.8) is 0 Å². The van der Waals surface area contributed by atoms with E-state index in [0.29, 0.717) is 0 Å². The van der Waals surface area contributed by atoms with Gasteiger partial charge in [-0.2, -0.15) is 11.8 Å². The van der Waals surface area contributed by atoms with Gasteiger partial charge in [-0.25, -0.2) is 0 Å². The minimum Gasteiger partial charge on any atom is -0.161 e. The van der Waals surface area contributed by atoms with Gasteiger partial charge in [-0.05, 0) is 35.6 Å². The first kappa shape index (κ1) is 9.10. The number of aryl methyl sites for hydroxylation is 1. The highest BCUT2D eigenvalue weighted by Gasteiger charge is 2.02. The van der Waals surface area contributed by atoms with Crippen LogP contribution in [0.3, 0.4) is 0 Å². The molecule has 13 heavy (non-hydrogen) atoms. The first-order valence-corrected chi connectivity index (χ1v) is 6.54. The second kappa shape index (κ2) is 3.72. The van der Waals surface area contributed by atoms with E-state index >= 15 is 0 Å². The molecule has 1 heterocycles. The Morgan fingerprint density at radius 2 is 2.23 bits per heavy atom. The van der Waals surface area contributed by atoms with Gasteiger partial charge in [0.2, 0.25) is 0 Å². The number of thioether (sulfide) groups is 1. The van der Waals surface area contributed by atoms with Gasteiger partial charge in [-0.1, -0.05) is 17.7 Å². The molecule has 0 aliphatic heterocycles. The Morgan fingerprint density at radius 3 is 3.00 bits per heavy atom. The van der Waals surface area contributed by atoms with Crippen molar-refractivity contribution in [2.45, 2.75) is 12.7 Å². The number of hydrogen-bond acceptors (Lipinski definition) is 2. The fourth-order valence-corrected chi connectivity index (χ4v) is 3.06. The third-order valence-electron chi connectivity index (χ3n) is 2.11. The van der Waals surface area contributed by atoms with E-state index < -0.39 is 0 Å². The van der Waals surface area contributed by atoms with Gasteiger partial charge in [0.25, 0.3) is 0 Å². The van der Waals surface area contributed by atoms with Crippen LogP contribution in [-0.4, -0.2) is 6.26 Å². The van der Waals surface area contributed by atoms with Gasteiger partial charge >= 0.3 is 0 Å². The molecule has 0 bridgehead atoms. The van der Waals surface area contributed by atoms with Crippen LogP contribution in [0.15, 0.2) is 23.6 Å². The van der Waals surface area contributed by atoms with E-state index in [2.05, 4.69) is 36.8 Å². The zero-order valence-corrected chi connectivity index (χ0v) is 9.47. The van der Waals surface area contributed by atoms with Crippen LogP contribution in [0.2, 0.25) is 0 Å². The maximum absolute atomic E-state index is 2.29. The zero-order valence-electron chi connectivity index (χ0n) is 7.83. The SMILES string of the molecule is CSCc1csc2ccc(C)cc12. The van der Waals surface area contributed by atoms with Crippen LogP contribution < -0.4 is 0 Å². The molecule has 2 heteroatoms. The van der Waals surface area contributed by atoms with Crippen molar-refractivity contribution in [1.82, 2.24) is 0 Å². The Kier molecular flexibility index (Phi) is 2.61. The lowest BCUT2D eigenvalue weighted by atomic mass is 10.1. The van der Waals surface area contributed by atoms with Gasteiger partial charge in [-0.15, -0.1) is 11.3 Å². The Labute approximate surface area is 87.0 Å². The van der Waals surface area contributed by atoms with Crippen molar-refractivity contribution in [3.05, 3.63) is 34.7 Å². The van der Waals surface area contributed by atoms with Crippen molar-refractivity contribution < 1.29 is 0 Å². The molecule has 1 aromatic heterocycles. The van der Waals surface area contributed by atoms with Gasteiger partial charge in [-0.3, -0.25) is 0 Å². The molecular weight excluding hydrogens is 196 g/mol. The van der Waals surface area contributed by atoms with Gasteiger partial charge in [0.1, 0.15) is 0 Å². The van der Waals surface area contributed by atoms with Crippen molar-refractivity contribution >= 4 is 33.2 Å². The smallest absolute Gasteiger partial charge is 0.0346 e. The van der Waals surface area contributed by atoms with Gasteiger partial charge < -0.3 is 0 Å². The molecule has 0 atom stereocenters. The molecule has 0 saturated heterocycles. The molecule has 0 aliphatic rings. The molecule has 0 aliphatic carbocycles. The van der Waals surface area contributed by atoms with E-state index in [9.17, 15) is 0 Å². The Hall–Kier alpha value is -0.470. The fraction of sp³-hybridized carbons (Fsp3) is 0.273. The summed E-state index contributed by atoms with van der Waals surface area (Å²) in [4.78, 5) is 0. The molecule has 0 saturated carbocycles. The number of hydrogen-bond donors (Lipinski definition) is 0. The second-order valence-corrected chi connectivity index (χ2v) is 4.97. The Balaban J connectivity index is 2.58. The van der Waals surface area contributed by atoms with Crippen LogP contribution in [0.5, 0.6) is 0 Å². The largest absolute Gasteiger partial charge is 0.161 e. The lowest BCUT2D eigenvalue weighted by molar-refractivity contribution is 1.47. The first-order chi connectivity index (χ1) is 6.31. The summed E-state index contributed by atoms with van der Waals surface area (Å²) in [5.74, 6) is 1.13. The van der Waals surface area contributed by atoms with Crippen LogP contribution in [0, 0.1) is 6.92 Å². The Morgan fingerprint density at radius 1 is 1.38 bits per heavy atom. The van der Waals surface area contributed by atoms with E-state index in [0.717, 1.165) is 5.75 Å². The van der Waals surface area contributed by atoms with Crippen molar-refractivity contribution in [3.8, 4) is 0 Å². The fourth-order valence-electron chi connectivity index (χ4n) is 1.46. The molecule has 0 spiro atoms. The quantitative estimate of drug-likeness (QED) is 0.717. The van der Waals surface area contributed by atoms with Crippen LogP contribution >= 0.6 is 23.1 Å². The van der Waals surface area contributed by atoms with Crippen LogP contribution in [0.1, 0.15) is 11.1 Å². The van der Waals surface area contributed by atoms with E-state index in [1.807, 2.05) is 23.1 Å². The topological polar surface area (TPSA) is 0 Å². The number of thiophene rings is 1. The van der Waals surface area contributed by atoms with Crippen molar-refractivity contribution in [2.24, 2.45) is 0 Å². The Bertz CT molecular complexity index is 415. The third kappa shape index (κ3) is 1.74. The van der Waals surface area contributed by atoms with Crippen molar-refractivity contribution in [1.29, 1.82) is 0 Å². The molecule has 1 aromatic carbocycles. The van der Waals surface area contributed by atoms with E-state index in [-0.39, 0.29) is 0 Å². The lowest BCUT2D eigenvalue weighted by Gasteiger charge is -1.97. The summed E-state index contributed by atoms with van der Waals surface area (Å²) in [6, 6.07) is 6.69. The minimum atomic E-state index is 1.13. The first-order valence-electron chi connectivity index (χ1n) is 4.27. The molecule has 0 radical (unpaired) electrons. The number of benzene rings is 1. The highest BCUT2D eigenvalue weighted by molar-refractivity contribution is 7.97. The van der Waals surface area contributed by atoms with Gasteiger partial charge in [0, 0.05) is 10.5 Å². The van der Waals surface area contributed by atoms with Crippen LogP contribution in [0.4, 0.5) is 0 Å². The summed E-state index contributed by atoms with van der Waals surface area (Å²) in [7, 11) is 0. The van der Waals surface area contributed by atoms with E-state index in [4.69, 9.17) is 0 Å². The molecule has 0 nitrogen and oxygen atoms in total. The van der Waals surface area contributed by atoms with Gasteiger partial charge in [0.05, 0.1) is 0 Å².